The number of fused-ring (bicyclic) bond motifs is 5. The summed E-state index contributed by atoms with van der Waals surface area (Å²) in [6.07, 6.45) is 2.39. The molecular weight excluding hydrogens is 522 g/mol. The van der Waals surface area contributed by atoms with Crippen LogP contribution in [0.4, 0.5) is 0 Å². The highest BCUT2D eigenvalue weighted by Gasteiger charge is 2.69. The maximum absolute atomic E-state index is 13.8. The third-order valence-corrected chi connectivity index (χ3v) is 10.2. The van der Waals surface area contributed by atoms with Crippen LogP contribution in [0.1, 0.15) is 68.3 Å². The van der Waals surface area contributed by atoms with Gasteiger partial charge in [0.2, 0.25) is 5.78 Å². The molecule has 0 aliphatic heterocycles. The number of benzene rings is 1. The zero-order chi connectivity index (χ0) is 29.0. The fourth-order valence-corrected chi connectivity index (χ4v) is 8.08. The molecule has 4 aliphatic carbocycles. The van der Waals surface area contributed by atoms with Gasteiger partial charge in [-0.05, 0) is 61.3 Å². The molecule has 5 rings (SSSR count). The zero-order valence-electron chi connectivity index (χ0n) is 22.5. The van der Waals surface area contributed by atoms with E-state index in [1.165, 1.54) is 24.3 Å². The number of hydrogen-bond acceptors (Lipinski definition) is 10. The number of aliphatic hydroxyl groups is 2. The molecule has 2 N–H and O–H groups in total. The van der Waals surface area contributed by atoms with Crippen LogP contribution in [0, 0.1) is 38.7 Å². The van der Waals surface area contributed by atoms with E-state index in [0.29, 0.717) is 24.8 Å². The average Bonchev–Trinajstić information content (AvgIpc) is 3.17. The van der Waals surface area contributed by atoms with E-state index in [4.69, 9.17) is 4.74 Å². The van der Waals surface area contributed by atoms with Crippen LogP contribution in [0.2, 0.25) is 0 Å². The molecule has 0 amide bonds. The number of rotatable bonds is 7. The molecule has 40 heavy (non-hydrogen) atoms. The molecule has 11 nitrogen and oxygen atoms in total. The largest absolute Gasteiger partial charge is 0.454 e. The Labute approximate surface area is 230 Å². The first-order valence-electron chi connectivity index (χ1n) is 13.5. The first kappa shape index (κ1) is 28.1. The van der Waals surface area contributed by atoms with E-state index in [2.05, 4.69) is 4.84 Å². The standard InChI is InChI=1S/C29H33NO10/c1-27-13-22(32)25-20(8-7-18-11-19(31)12-23(33)28(18,25)2)21(27)9-10-29(27,36)24(34)15-39-26(35)17-5-3-16(4-6-17)14-40-30(37)38/h3-6,11,20-21,23,25,33,36H,7-10,12-15H2,1-2H3/t20-,21-,23?,25+,27-,28+,29-/m0/s1. The maximum Gasteiger partial charge on any atom is 0.338 e. The van der Waals surface area contributed by atoms with Gasteiger partial charge >= 0.3 is 5.97 Å². The van der Waals surface area contributed by atoms with Gasteiger partial charge in [0.15, 0.2) is 12.4 Å². The Morgan fingerprint density at radius 2 is 1.85 bits per heavy atom. The molecule has 0 spiro atoms. The summed E-state index contributed by atoms with van der Waals surface area (Å²) < 4.78 is 5.23. The van der Waals surface area contributed by atoms with Crippen molar-refractivity contribution in [1.82, 2.24) is 0 Å². The molecule has 3 saturated carbocycles. The summed E-state index contributed by atoms with van der Waals surface area (Å²) in [7, 11) is 0. The van der Waals surface area contributed by atoms with Gasteiger partial charge in [0.25, 0.3) is 5.09 Å². The molecule has 1 aromatic rings. The molecule has 0 saturated heterocycles. The molecule has 1 aromatic carbocycles. The van der Waals surface area contributed by atoms with Gasteiger partial charge in [0, 0.05) is 29.6 Å². The number of nitrogens with zero attached hydrogens (tertiary/aromatic N) is 1. The predicted molar refractivity (Wildman–Crippen MR) is 137 cm³/mol. The SMILES string of the molecule is C[C@]12CC(=O)[C@H]3[C@@H](CCC4=CC(=O)CC(O)[C@@]43C)[C@@H]1CC[C@]2(O)C(=O)COC(=O)c1ccc(CO[N+](=O)[O-])cc1. The molecule has 4 aliphatic rings. The minimum Gasteiger partial charge on any atom is -0.454 e. The number of carbonyl (C=O) groups is 4. The van der Waals surface area contributed by atoms with Crippen molar-refractivity contribution in [3.63, 3.8) is 0 Å². The van der Waals surface area contributed by atoms with E-state index in [1.54, 1.807) is 13.0 Å². The van der Waals surface area contributed by atoms with Crippen molar-refractivity contribution in [3.8, 4) is 0 Å². The van der Waals surface area contributed by atoms with E-state index in [1.807, 2.05) is 6.92 Å². The van der Waals surface area contributed by atoms with Gasteiger partial charge < -0.3 is 19.8 Å². The number of hydrogen-bond donors (Lipinski definition) is 2. The summed E-state index contributed by atoms with van der Waals surface area (Å²) in [6.45, 7) is 2.68. The van der Waals surface area contributed by atoms with Crippen molar-refractivity contribution in [2.24, 2.45) is 28.6 Å². The second kappa shape index (κ2) is 9.88. The van der Waals surface area contributed by atoms with Gasteiger partial charge in [0.05, 0.1) is 11.7 Å². The molecule has 0 aromatic heterocycles. The summed E-state index contributed by atoms with van der Waals surface area (Å²) in [5.41, 5.74) is -2.36. The van der Waals surface area contributed by atoms with Gasteiger partial charge in [0.1, 0.15) is 18.0 Å². The minimum atomic E-state index is -1.86. The predicted octanol–water partition coefficient (Wildman–Crippen LogP) is 2.53. The molecule has 0 radical (unpaired) electrons. The fourth-order valence-electron chi connectivity index (χ4n) is 8.08. The van der Waals surface area contributed by atoms with Gasteiger partial charge in [-0.25, -0.2) is 4.79 Å². The molecule has 11 heteroatoms. The van der Waals surface area contributed by atoms with Crippen LogP contribution in [-0.4, -0.2) is 56.9 Å². The molecular formula is C29H33NO10. The first-order valence-corrected chi connectivity index (χ1v) is 13.5. The second-order valence-corrected chi connectivity index (χ2v) is 12.1. The summed E-state index contributed by atoms with van der Waals surface area (Å²) in [5.74, 6) is -2.53. The lowest BCUT2D eigenvalue weighted by atomic mass is 9.45. The number of carbonyl (C=O) groups excluding carboxylic acids is 4. The molecule has 0 bridgehead atoms. The zero-order valence-corrected chi connectivity index (χ0v) is 22.5. The van der Waals surface area contributed by atoms with Crippen molar-refractivity contribution >= 4 is 23.3 Å². The van der Waals surface area contributed by atoms with Gasteiger partial charge in [-0.1, -0.05) is 31.6 Å². The lowest BCUT2D eigenvalue weighted by Crippen LogP contribution is -2.62. The Hall–Kier alpha value is -3.44. The third kappa shape index (κ3) is 4.26. The minimum absolute atomic E-state index is 0.0262. The normalized spacial score (nSPS) is 36.5. The van der Waals surface area contributed by atoms with Crippen molar-refractivity contribution in [2.75, 3.05) is 6.61 Å². The maximum atomic E-state index is 13.8. The Bertz CT molecular complexity index is 1300. The fraction of sp³-hybridized carbons (Fsp3) is 0.586. The monoisotopic (exact) mass is 555 g/mol. The Kier molecular flexibility index (Phi) is 6.94. The summed E-state index contributed by atoms with van der Waals surface area (Å²) >= 11 is 0. The first-order chi connectivity index (χ1) is 18.8. The molecule has 214 valence electrons. The average molecular weight is 556 g/mol. The smallest absolute Gasteiger partial charge is 0.338 e. The summed E-state index contributed by atoms with van der Waals surface area (Å²) in [4.78, 5) is 66.5. The molecule has 1 unspecified atom stereocenters. The Morgan fingerprint density at radius 3 is 2.52 bits per heavy atom. The lowest BCUT2D eigenvalue weighted by molar-refractivity contribution is -0.763. The highest BCUT2D eigenvalue weighted by atomic mass is 16.9. The van der Waals surface area contributed by atoms with Gasteiger partial charge in [-0.2, -0.15) is 0 Å². The van der Waals surface area contributed by atoms with E-state index in [9.17, 15) is 39.5 Å². The second-order valence-electron chi connectivity index (χ2n) is 12.1. The molecule has 7 atom stereocenters. The quantitative estimate of drug-likeness (QED) is 0.289. The van der Waals surface area contributed by atoms with E-state index >= 15 is 0 Å². The number of ether oxygens (including phenoxy) is 1. The summed E-state index contributed by atoms with van der Waals surface area (Å²) in [6, 6.07) is 5.72. The van der Waals surface area contributed by atoms with Crippen molar-refractivity contribution in [3.05, 3.63) is 57.2 Å². The highest BCUT2D eigenvalue weighted by molar-refractivity contribution is 5.96. The van der Waals surface area contributed by atoms with Crippen LogP contribution in [0.3, 0.4) is 0 Å². The third-order valence-electron chi connectivity index (χ3n) is 10.2. The Balaban J connectivity index is 1.30. The van der Waals surface area contributed by atoms with Crippen LogP contribution in [0.5, 0.6) is 0 Å². The van der Waals surface area contributed by atoms with E-state index in [0.717, 1.165) is 5.57 Å². The van der Waals surface area contributed by atoms with Crippen LogP contribution in [0.25, 0.3) is 0 Å². The van der Waals surface area contributed by atoms with E-state index < -0.39 is 51.9 Å². The van der Waals surface area contributed by atoms with Crippen LogP contribution >= 0.6 is 0 Å². The number of ketones is 3. The van der Waals surface area contributed by atoms with Gasteiger partial charge in [-0.15, -0.1) is 10.1 Å². The number of esters is 1. The van der Waals surface area contributed by atoms with Crippen LogP contribution in [0.15, 0.2) is 35.9 Å². The highest BCUT2D eigenvalue weighted by Crippen LogP contribution is 2.66. The van der Waals surface area contributed by atoms with Crippen molar-refractivity contribution in [2.45, 2.75) is 70.7 Å². The topological polar surface area (TPSA) is 170 Å². The molecule has 3 fully saturated rings. The Morgan fingerprint density at radius 1 is 1.15 bits per heavy atom. The van der Waals surface area contributed by atoms with Crippen LogP contribution in [-0.2, 0) is 30.6 Å². The van der Waals surface area contributed by atoms with Crippen molar-refractivity contribution in [1.29, 1.82) is 0 Å². The van der Waals surface area contributed by atoms with Crippen LogP contribution < -0.4 is 0 Å². The number of aliphatic hydroxyl groups excluding tert-OH is 1. The summed E-state index contributed by atoms with van der Waals surface area (Å²) in [5, 5.41) is 32.1. The van der Waals surface area contributed by atoms with E-state index in [-0.39, 0.29) is 54.8 Å². The number of Topliss-reactive ketones (excluding diaryl/α,β-unsaturated/α-hetero) is 2. The lowest BCUT2D eigenvalue weighted by Gasteiger charge is -2.58. The van der Waals surface area contributed by atoms with Gasteiger partial charge in [-0.3, -0.25) is 14.4 Å². The molecule has 0 heterocycles. The van der Waals surface area contributed by atoms with Crippen molar-refractivity contribution < 1.29 is 44.1 Å².